The van der Waals surface area contributed by atoms with E-state index in [4.69, 9.17) is 12.2 Å². The zero-order chi connectivity index (χ0) is 10.8. The Morgan fingerprint density at radius 1 is 1.33 bits per heavy atom. The number of nitrogens with zero attached hydrogens (tertiary/aromatic N) is 1. The molecule has 0 bridgehead atoms. The third-order valence-electron chi connectivity index (χ3n) is 2.10. The van der Waals surface area contributed by atoms with E-state index in [1.54, 1.807) is 13.1 Å². The van der Waals surface area contributed by atoms with Crippen LogP contribution in [0.4, 0.5) is 0 Å². The number of pyridine rings is 1. The van der Waals surface area contributed by atoms with Crippen LogP contribution in [0.1, 0.15) is 5.56 Å². The van der Waals surface area contributed by atoms with E-state index in [9.17, 15) is 4.79 Å². The Morgan fingerprint density at radius 3 is 2.80 bits per heavy atom. The first-order valence-electron chi connectivity index (χ1n) is 4.43. The summed E-state index contributed by atoms with van der Waals surface area (Å²) in [6.07, 6.45) is 1.67. The van der Waals surface area contributed by atoms with Gasteiger partial charge in [-0.3, -0.25) is 14.8 Å². The average Bonchev–Trinajstić information content (AvgIpc) is 2.24. The highest BCUT2D eigenvalue weighted by Crippen LogP contribution is 2.14. The number of rotatable bonds is 1. The third kappa shape index (κ3) is 1.87. The average molecular weight is 219 g/mol. The van der Waals surface area contributed by atoms with Crippen LogP contribution >= 0.6 is 12.2 Å². The molecule has 2 heterocycles. The topological polar surface area (TPSA) is 61.5 Å². The van der Waals surface area contributed by atoms with Crippen molar-refractivity contribution in [2.75, 3.05) is 0 Å². The van der Waals surface area contributed by atoms with Gasteiger partial charge >= 0.3 is 0 Å². The van der Waals surface area contributed by atoms with E-state index in [1.807, 2.05) is 18.2 Å². The van der Waals surface area contributed by atoms with Crippen LogP contribution < -0.4 is 5.56 Å². The first kappa shape index (κ1) is 9.79. The summed E-state index contributed by atoms with van der Waals surface area (Å²) in [4.78, 5) is 21.1. The van der Waals surface area contributed by atoms with Crippen molar-refractivity contribution in [3.63, 3.8) is 0 Å². The van der Waals surface area contributed by atoms with Crippen molar-refractivity contribution in [2.45, 2.75) is 6.92 Å². The van der Waals surface area contributed by atoms with Gasteiger partial charge in [-0.05, 0) is 31.3 Å². The molecule has 0 radical (unpaired) electrons. The molecule has 0 amide bonds. The van der Waals surface area contributed by atoms with Gasteiger partial charge < -0.3 is 4.98 Å². The van der Waals surface area contributed by atoms with Gasteiger partial charge in [0.1, 0.15) is 0 Å². The van der Waals surface area contributed by atoms with Crippen molar-refractivity contribution in [1.29, 1.82) is 0 Å². The maximum Gasteiger partial charge on any atom is 0.255 e. The number of hydrogen-bond donors (Lipinski definition) is 2. The van der Waals surface area contributed by atoms with E-state index in [0.29, 0.717) is 21.7 Å². The summed E-state index contributed by atoms with van der Waals surface area (Å²) >= 11 is 4.91. The zero-order valence-electron chi connectivity index (χ0n) is 8.07. The lowest BCUT2D eigenvalue weighted by Crippen LogP contribution is -2.12. The van der Waals surface area contributed by atoms with Gasteiger partial charge in [0.15, 0.2) is 4.77 Å². The van der Waals surface area contributed by atoms with Crippen molar-refractivity contribution >= 4 is 12.2 Å². The molecule has 4 nitrogen and oxygen atoms in total. The minimum Gasteiger partial charge on any atom is -0.330 e. The second kappa shape index (κ2) is 3.78. The molecular formula is C10H9N3OS. The van der Waals surface area contributed by atoms with Crippen LogP contribution in [-0.2, 0) is 0 Å². The van der Waals surface area contributed by atoms with Gasteiger partial charge in [0.2, 0.25) is 0 Å². The molecule has 2 aromatic heterocycles. The Kier molecular flexibility index (Phi) is 2.47. The lowest BCUT2D eigenvalue weighted by molar-refractivity contribution is 1.05. The molecule has 0 saturated carbocycles. The summed E-state index contributed by atoms with van der Waals surface area (Å²) in [6, 6.07) is 5.51. The molecule has 0 aliphatic rings. The largest absolute Gasteiger partial charge is 0.330 e. The van der Waals surface area contributed by atoms with Gasteiger partial charge in [0.05, 0.1) is 11.4 Å². The summed E-state index contributed by atoms with van der Waals surface area (Å²) in [5.41, 5.74) is 1.79. The molecule has 2 rings (SSSR count). The minimum absolute atomic E-state index is 0.181. The smallest absolute Gasteiger partial charge is 0.255 e. The SMILES string of the molecule is Cc1c(-c2ccccn2)[nH]c(=S)[nH]c1=O. The van der Waals surface area contributed by atoms with Crippen LogP contribution in [0.25, 0.3) is 11.4 Å². The van der Waals surface area contributed by atoms with Crippen LogP contribution in [0.15, 0.2) is 29.2 Å². The second-order valence-electron chi connectivity index (χ2n) is 3.12. The first-order valence-corrected chi connectivity index (χ1v) is 4.84. The van der Waals surface area contributed by atoms with Crippen LogP contribution in [0, 0.1) is 11.7 Å². The van der Waals surface area contributed by atoms with Crippen LogP contribution in [0.2, 0.25) is 0 Å². The standard InChI is InChI=1S/C10H9N3OS/c1-6-8(7-4-2-3-5-11-7)12-10(15)13-9(6)14/h2-5H,1H3,(H2,12,13,14,15). The second-order valence-corrected chi connectivity index (χ2v) is 3.53. The summed E-state index contributed by atoms with van der Waals surface area (Å²) in [5.74, 6) is 0. The molecule has 0 aliphatic carbocycles. The van der Waals surface area contributed by atoms with Gasteiger partial charge in [0, 0.05) is 11.8 Å². The van der Waals surface area contributed by atoms with E-state index in [0.717, 1.165) is 0 Å². The lowest BCUT2D eigenvalue weighted by atomic mass is 10.2. The molecule has 0 atom stereocenters. The summed E-state index contributed by atoms with van der Waals surface area (Å²) in [7, 11) is 0. The number of nitrogens with one attached hydrogen (secondary N) is 2. The monoisotopic (exact) mass is 219 g/mol. The molecule has 0 saturated heterocycles. The molecular weight excluding hydrogens is 210 g/mol. The van der Waals surface area contributed by atoms with Gasteiger partial charge in [-0.2, -0.15) is 0 Å². The molecule has 2 aromatic rings. The molecule has 76 valence electrons. The predicted molar refractivity (Wildman–Crippen MR) is 60.2 cm³/mol. The Morgan fingerprint density at radius 2 is 2.13 bits per heavy atom. The highest BCUT2D eigenvalue weighted by atomic mass is 32.1. The Bertz CT molecular complexity index is 586. The highest BCUT2D eigenvalue weighted by molar-refractivity contribution is 7.71. The van der Waals surface area contributed by atoms with E-state index < -0.39 is 0 Å². The Balaban J connectivity index is 2.74. The molecule has 0 aromatic carbocycles. The maximum absolute atomic E-state index is 11.5. The summed E-state index contributed by atoms with van der Waals surface area (Å²) in [5, 5.41) is 0. The lowest BCUT2D eigenvalue weighted by Gasteiger charge is -2.03. The van der Waals surface area contributed by atoms with Gasteiger partial charge in [-0.15, -0.1) is 0 Å². The molecule has 0 aliphatic heterocycles. The van der Waals surface area contributed by atoms with Crippen molar-refractivity contribution in [1.82, 2.24) is 15.0 Å². The number of aromatic amines is 2. The normalized spacial score (nSPS) is 10.2. The van der Waals surface area contributed by atoms with Crippen LogP contribution in [0.3, 0.4) is 0 Å². The number of hydrogen-bond acceptors (Lipinski definition) is 3. The quantitative estimate of drug-likeness (QED) is 0.719. The number of aromatic nitrogens is 3. The Hall–Kier alpha value is -1.75. The van der Waals surface area contributed by atoms with E-state index >= 15 is 0 Å². The highest BCUT2D eigenvalue weighted by Gasteiger charge is 2.05. The van der Waals surface area contributed by atoms with E-state index in [1.165, 1.54) is 0 Å². The third-order valence-corrected chi connectivity index (χ3v) is 2.31. The van der Waals surface area contributed by atoms with Crippen LogP contribution in [-0.4, -0.2) is 15.0 Å². The molecule has 0 unspecified atom stereocenters. The summed E-state index contributed by atoms with van der Waals surface area (Å²) < 4.78 is 0.311. The fourth-order valence-electron chi connectivity index (χ4n) is 1.32. The summed E-state index contributed by atoms with van der Waals surface area (Å²) in [6.45, 7) is 1.73. The molecule has 15 heavy (non-hydrogen) atoms. The molecule has 0 spiro atoms. The fraction of sp³-hybridized carbons (Fsp3) is 0.100. The van der Waals surface area contributed by atoms with E-state index in [2.05, 4.69) is 15.0 Å². The maximum atomic E-state index is 11.5. The predicted octanol–water partition coefficient (Wildman–Crippen LogP) is 1.80. The van der Waals surface area contributed by atoms with Gasteiger partial charge in [0.25, 0.3) is 5.56 Å². The Labute approximate surface area is 91.0 Å². The minimum atomic E-state index is -0.181. The van der Waals surface area contributed by atoms with Gasteiger partial charge in [-0.1, -0.05) is 6.07 Å². The van der Waals surface area contributed by atoms with Crippen molar-refractivity contribution in [2.24, 2.45) is 0 Å². The fourth-order valence-corrected chi connectivity index (χ4v) is 1.51. The van der Waals surface area contributed by atoms with Crippen LogP contribution in [0.5, 0.6) is 0 Å². The van der Waals surface area contributed by atoms with Crippen molar-refractivity contribution in [3.8, 4) is 11.4 Å². The van der Waals surface area contributed by atoms with Gasteiger partial charge in [-0.25, -0.2) is 0 Å². The molecule has 2 N–H and O–H groups in total. The van der Waals surface area contributed by atoms with Crippen molar-refractivity contribution in [3.05, 3.63) is 45.1 Å². The molecule has 5 heteroatoms. The van der Waals surface area contributed by atoms with Crippen molar-refractivity contribution < 1.29 is 0 Å². The number of H-pyrrole nitrogens is 2. The first-order chi connectivity index (χ1) is 7.18. The zero-order valence-corrected chi connectivity index (χ0v) is 8.89. The molecule has 0 fully saturated rings. The van der Waals surface area contributed by atoms with E-state index in [-0.39, 0.29) is 5.56 Å².